The summed E-state index contributed by atoms with van der Waals surface area (Å²) in [4.78, 5) is 0. The van der Waals surface area contributed by atoms with E-state index in [-0.39, 0.29) is 5.41 Å². The van der Waals surface area contributed by atoms with E-state index in [1.54, 1.807) is 28.4 Å². The summed E-state index contributed by atoms with van der Waals surface area (Å²) in [6.45, 7) is 18.0. The zero-order chi connectivity index (χ0) is 99.4. The first-order valence-electron chi connectivity index (χ1n) is 52.5. The van der Waals surface area contributed by atoms with Gasteiger partial charge in [-0.15, -0.1) is 0 Å². The molecule has 0 aliphatic heterocycles. The van der Waals surface area contributed by atoms with Crippen molar-refractivity contribution < 1.29 is 33.2 Å². The molecule has 0 fully saturated rings. The molecule has 0 atom stereocenters. The predicted molar refractivity (Wildman–Crippen MR) is 624 cm³/mol. The molecule has 0 unspecified atom stereocenters. The zero-order valence-electron chi connectivity index (χ0n) is 85.5. The molecule has 25 rings (SSSR count). The predicted octanol–water partition coefficient (Wildman–Crippen LogP) is 39.3. The summed E-state index contributed by atoms with van der Waals surface area (Å²) in [6.07, 6.45) is 14.2. The Morgan fingerprint density at radius 3 is 0.829 bits per heavy atom. The molecule has 7 nitrogen and oxygen atoms in total. The zero-order valence-corrected chi connectivity index (χ0v) is 85.5. The first-order chi connectivity index (χ1) is 71.7. The molecule has 0 aromatic heterocycles. The number of methoxy groups -OCH3 is 4. The van der Waals surface area contributed by atoms with Crippen LogP contribution in [0.3, 0.4) is 0 Å². The van der Waals surface area contributed by atoms with E-state index in [0.29, 0.717) is 0 Å². The number of aryl methyl sites for hydroxylation is 1. The molecule has 25 aromatic rings. The Balaban J connectivity index is 0.000000133. The van der Waals surface area contributed by atoms with Gasteiger partial charge in [0.2, 0.25) is 0 Å². The van der Waals surface area contributed by atoms with Crippen LogP contribution in [0.15, 0.2) is 358 Å². The number of rotatable bonds is 28. The molecule has 0 heterocycles. The second-order valence-electron chi connectivity index (χ2n) is 40.8. The van der Waals surface area contributed by atoms with Crippen molar-refractivity contribution in [2.75, 3.05) is 48.3 Å². The molecule has 720 valence electrons. The lowest BCUT2D eigenvalue weighted by molar-refractivity contribution is 0.305. The summed E-state index contributed by atoms with van der Waals surface area (Å²) >= 11 is 0. The lowest BCUT2D eigenvalue weighted by Gasteiger charge is -2.24. The maximum atomic E-state index is 6.61. The van der Waals surface area contributed by atoms with Gasteiger partial charge in [0.1, 0.15) is 40.2 Å². The Kier molecular flexibility index (Phi) is 25.6. The van der Waals surface area contributed by atoms with E-state index in [1.807, 2.05) is 0 Å². The topological polar surface area (TPSA) is 64.6 Å². The number of benzene rings is 25. The van der Waals surface area contributed by atoms with Crippen LogP contribution in [-0.2, 0) is 5.41 Å². The van der Waals surface area contributed by atoms with Crippen LogP contribution in [0.1, 0.15) is 130 Å². The van der Waals surface area contributed by atoms with Gasteiger partial charge in [0.15, 0.2) is 0 Å². The van der Waals surface area contributed by atoms with Crippen molar-refractivity contribution in [2.24, 2.45) is 0 Å². The van der Waals surface area contributed by atoms with Crippen LogP contribution in [0.2, 0.25) is 0 Å². The van der Waals surface area contributed by atoms with Gasteiger partial charge in [-0.25, -0.2) is 0 Å². The molecule has 0 radical (unpaired) electrons. The Hall–Kier alpha value is -16.0. The van der Waals surface area contributed by atoms with Crippen LogP contribution in [0, 0.1) is 6.92 Å². The SMILES string of the molecule is CCCCCCOc1ccc(-c2cc3cc4ccccc4c4ccc5c(-c6c(OC)cc7c(-c8ccc(OCCCCCC)cc8)cc8cc9ccccc9c9ccc6c7c89)c(OC)cc2c5c34)cc1.CCCCCCOc1ccc(-c2cc3cc4ccccc4c4ccc5c(-c6c(OC)ccc7ccccc67)c(OC)cc2c5c34)cc1.Cc1c2ccccc2cc2cc(-c3ccc(C(C)(C)C)cc3)c3ccccc3c12. The van der Waals surface area contributed by atoms with Gasteiger partial charge in [0, 0.05) is 22.3 Å². The van der Waals surface area contributed by atoms with Gasteiger partial charge in [-0.2, -0.15) is 0 Å². The third kappa shape index (κ3) is 17.0. The van der Waals surface area contributed by atoms with E-state index in [2.05, 4.69) is 406 Å². The normalized spacial score (nSPS) is 11.9. The minimum Gasteiger partial charge on any atom is -0.496 e. The van der Waals surface area contributed by atoms with Crippen molar-refractivity contribution in [3.63, 3.8) is 0 Å². The maximum Gasteiger partial charge on any atom is 0.128 e. The van der Waals surface area contributed by atoms with Crippen molar-refractivity contribution in [2.45, 2.75) is 131 Å². The lowest BCUT2D eigenvalue weighted by Crippen LogP contribution is -2.10. The quantitative estimate of drug-likeness (QED) is 0.0275. The molecule has 0 spiro atoms. The van der Waals surface area contributed by atoms with Crippen molar-refractivity contribution in [1.29, 1.82) is 0 Å². The van der Waals surface area contributed by atoms with Gasteiger partial charge in [-0.1, -0.05) is 348 Å². The largest absolute Gasteiger partial charge is 0.496 e. The van der Waals surface area contributed by atoms with E-state index < -0.39 is 0 Å². The van der Waals surface area contributed by atoms with Crippen molar-refractivity contribution >= 4 is 172 Å². The highest BCUT2D eigenvalue weighted by molar-refractivity contribution is 6.39. The fourth-order valence-electron chi connectivity index (χ4n) is 23.7. The first kappa shape index (κ1) is 93.7. The average molecular weight is 1900 g/mol. The summed E-state index contributed by atoms with van der Waals surface area (Å²) in [7, 11) is 7.13. The molecule has 0 aliphatic rings. The molecule has 0 N–H and O–H groups in total. The fraction of sp³-hybridized carbons (Fsp3) is 0.194. The summed E-state index contributed by atoms with van der Waals surface area (Å²) in [5, 5.41) is 39.4. The molecule has 0 bridgehead atoms. The van der Waals surface area contributed by atoms with Gasteiger partial charge >= 0.3 is 0 Å². The highest BCUT2D eigenvalue weighted by Gasteiger charge is 2.31. The number of hydrogen-bond acceptors (Lipinski definition) is 7. The van der Waals surface area contributed by atoms with Crippen LogP contribution >= 0.6 is 0 Å². The molecule has 25 aromatic carbocycles. The van der Waals surface area contributed by atoms with Crippen molar-refractivity contribution in [3.05, 3.63) is 369 Å². The Bertz CT molecular complexity index is 8970. The van der Waals surface area contributed by atoms with Crippen LogP contribution in [-0.4, -0.2) is 48.3 Å². The third-order valence-electron chi connectivity index (χ3n) is 30.9. The molecule has 146 heavy (non-hydrogen) atoms. The van der Waals surface area contributed by atoms with Gasteiger partial charge in [0.25, 0.3) is 0 Å². The Labute approximate surface area is 854 Å². The monoisotopic (exact) mass is 1900 g/mol. The van der Waals surface area contributed by atoms with E-state index in [0.717, 1.165) is 167 Å². The van der Waals surface area contributed by atoms with Crippen LogP contribution in [0.5, 0.6) is 40.2 Å². The lowest BCUT2D eigenvalue weighted by atomic mass is 9.81. The van der Waals surface area contributed by atoms with Crippen molar-refractivity contribution in [3.8, 4) is 107 Å². The van der Waals surface area contributed by atoms with Gasteiger partial charge in [-0.05, 0) is 369 Å². The number of hydrogen-bond donors (Lipinski definition) is 0. The summed E-state index contributed by atoms with van der Waals surface area (Å²) in [6, 6.07) is 131. The molecule has 0 saturated heterocycles. The van der Waals surface area contributed by atoms with E-state index in [4.69, 9.17) is 33.2 Å². The highest BCUT2D eigenvalue weighted by Crippen LogP contribution is 2.58. The van der Waals surface area contributed by atoms with Gasteiger partial charge in [-0.3, -0.25) is 0 Å². The summed E-state index contributed by atoms with van der Waals surface area (Å²) in [5.74, 6) is 5.97. The molecule has 0 amide bonds. The minimum atomic E-state index is 0.167. The molecule has 7 heteroatoms. The fourth-order valence-corrected chi connectivity index (χ4v) is 23.7. The standard InChI is InChI=1S/C66H58O4.C44H38O3.C29H26/c1-5-7-9-15-33-69-47-25-21-41(22-26-47)55-37-45-35-43-17-11-13-19-49(43)51-29-31-53-63(61(45)51)57(55)39-59(67-3)65(53)66-54-32-30-52-50-20-14-12-18-44(50)36-46-38-56(58(40-60(66)68-4)64(54)62(46)52)42-23-27-48(28-24-42)70-34-16-10-8-6-2;1-4-5-6-11-24-47-32-19-16-29(17-20-32)37-26-31-25-30-13-8-9-14-33(30)35-21-22-36-42(41(31)35)38(37)27-40(46-3)44(36)43-34-15-10-7-12-28(34)18-23-39(43)45-2;1-19-24-10-6-5-9-21(24)17-22-18-27(25-11-7-8-12-26(25)28(19)22)20-13-15-23(16-14-20)29(2,3)4/h11-14,17-32,35-40H,5-10,15-16,33-34H2,1-4H3;7-10,12-23,25-27H,4-6,11,24H2,1-3H3;5-18H,1-4H3. The third-order valence-corrected chi connectivity index (χ3v) is 30.9. The first-order valence-corrected chi connectivity index (χ1v) is 52.5. The second kappa shape index (κ2) is 40.0. The molecule has 0 saturated carbocycles. The summed E-state index contributed by atoms with van der Waals surface area (Å²) in [5.41, 5.74) is 16.6. The van der Waals surface area contributed by atoms with Crippen LogP contribution < -0.4 is 33.2 Å². The smallest absolute Gasteiger partial charge is 0.128 e. The Morgan fingerprint density at radius 1 is 0.199 bits per heavy atom. The van der Waals surface area contributed by atoms with Crippen molar-refractivity contribution in [1.82, 2.24) is 0 Å². The maximum absolute atomic E-state index is 6.61. The highest BCUT2D eigenvalue weighted by atomic mass is 16.5. The van der Waals surface area contributed by atoms with Crippen LogP contribution in [0.25, 0.3) is 239 Å². The molecular weight excluding hydrogens is 1780 g/mol. The van der Waals surface area contributed by atoms with Crippen LogP contribution in [0.4, 0.5) is 0 Å². The summed E-state index contributed by atoms with van der Waals surface area (Å²) < 4.78 is 44.1. The number of unbranched alkanes of at least 4 members (excludes halogenated alkanes) is 9. The average Bonchev–Trinajstić information content (AvgIpc) is 0.693. The Morgan fingerprint density at radius 2 is 0.479 bits per heavy atom. The minimum absolute atomic E-state index is 0.167. The molecular formula is C139H122O7. The number of ether oxygens (including phenoxy) is 7. The van der Waals surface area contributed by atoms with E-state index in [1.165, 1.54) is 220 Å². The molecule has 0 aliphatic carbocycles. The van der Waals surface area contributed by atoms with E-state index >= 15 is 0 Å². The van der Waals surface area contributed by atoms with Gasteiger partial charge < -0.3 is 33.2 Å². The number of fused-ring (bicyclic) bond motifs is 11. The van der Waals surface area contributed by atoms with Gasteiger partial charge in [0.05, 0.1) is 48.3 Å². The second-order valence-corrected chi connectivity index (χ2v) is 40.8. The van der Waals surface area contributed by atoms with E-state index in [9.17, 15) is 0 Å².